The van der Waals surface area contributed by atoms with Crippen LogP contribution in [0.4, 0.5) is 14.5 Å². The van der Waals surface area contributed by atoms with Crippen LogP contribution in [0.2, 0.25) is 0 Å². The molecule has 0 spiro atoms. The number of nitrogens with zero attached hydrogens (tertiary/aromatic N) is 1. The maximum absolute atomic E-state index is 13.7. The van der Waals surface area contributed by atoms with E-state index in [9.17, 15) is 13.6 Å². The summed E-state index contributed by atoms with van der Waals surface area (Å²) in [4.78, 5) is 11.1. The van der Waals surface area contributed by atoms with Gasteiger partial charge < -0.3 is 15.6 Å². The lowest BCUT2D eigenvalue weighted by atomic mass is 10.1. The molecule has 1 amide bonds. The number of carbonyl (C=O) groups is 1. The van der Waals surface area contributed by atoms with Crippen molar-refractivity contribution in [1.82, 2.24) is 4.57 Å². The zero-order valence-electron chi connectivity index (χ0n) is 11.7. The van der Waals surface area contributed by atoms with Crippen LogP contribution in [0.1, 0.15) is 29.3 Å². The maximum atomic E-state index is 13.7. The standard InChI is InChI=1S/C15H17F2N3O/c1-2-4-20-5-3-10(9-20)8-19-14-6-11(15(18)21)12(16)7-13(14)17/h3,5-7,9,19H,2,4,8H2,1H3,(H2,18,21). The van der Waals surface area contributed by atoms with Crippen LogP contribution in [0.15, 0.2) is 30.6 Å². The number of primary amides is 1. The first-order chi connectivity index (χ1) is 10.0. The third-order valence-corrected chi connectivity index (χ3v) is 3.10. The summed E-state index contributed by atoms with van der Waals surface area (Å²) in [7, 11) is 0. The van der Waals surface area contributed by atoms with Gasteiger partial charge in [0.2, 0.25) is 0 Å². The molecule has 4 nitrogen and oxygen atoms in total. The fraction of sp³-hybridized carbons (Fsp3) is 0.267. The van der Waals surface area contributed by atoms with Crippen molar-refractivity contribution in [1.29, 1.82) is 0 Å². The van der Waals surface area contributed by atoms with Crippen molar-refractivity contribution >= 4 is 11.6 Å². The summed E-state index contributed by atoms with van der Waals surface area (Å²) >= 11 is 0. The number of rotatable bonds is 6. The van der Waals surface area contributed by atoms with Gasteiger partial charge in [0, 0.05) is 31.5 Å². The molecule has 112 valence electrons. The largest absolute Gasteiger partial charge is 0.379 e. The fourth-order valence-corrected chi connectivity index (χ4v) is 2.06. The Labute approximate surface area is 121 Å². The molecule has 1 aromatic heterocycles. The molecule has 0 radical (unpaired) electrons. The van der Waals surface area contributed by atoms with Crippen molar-refractivity contribution in [2.24, 2.45) is 5.73 Å². The Hall–Kier alpha value is -2.37. The Balaban J connectivity index is 2.11. The van der Waals surface area contributed by atoms with E-state index >= 15 is 0 Å². The van der Waals surface area contributed by atoms with Gasteiger partial charge in [-0.15, -0.1) is 0 Å². The number of hydrogen-bond acceptors (Lipinski definition) is 2. The highest BCUT2D eigenvalue weighted by Gasteiger charge is 2.13. The van der Waals surface area contributed by atoms with Crippen molar-refractivity contribution in [3.05, 3.63) is 53.4 Å². The monoisotopic (exact) mass is 293 g/mol. The van der Waals surface area contributed by atoms with Crippen LogP contribution in [-0.2, 0) is 13.1 Å². The Kier molecular flexibility index (Phi) is 4.57. The lowest BCUT2D eigenvalue weighted by molar-refractivity contribution is 0.0996. The Morgan fingerprint density at radius 1 is 1.33 bits per heavy atom. The van der Waals surface area contributed by atoms with Gasteiger partial charge in [0.05, 0.1) is 11.3 Å². The van der Waals surface area contributed by atoms with E-state index in [1.54, 1.807) is 0 Å². The number of nitrogens with two attached hydrogens (primary N) is 1. The van der Waals surface area contributed by atoms with E-state index in [1.807, 2.05) is 23.0 Å². The molecule has 0 atom stereocenters. The van der Waals surface area contributed by atoms with Crippen LogP contribution >= 0.6 is 0 Å². The van der Waals surface area contributed by atoms with Crippen LogP contribution in [0.25, 0.3) is 0 Å². The van der Waals surface area contributed by atoms with E-state index in [0.717, 1.165) is 24.6 Å². The van der Waals surface area contributed by atoms with Crippen LogP contribution in [0.3, 0.4) is 0 Å². The van der Waals surface area contributed by atoms with Crippen molar-refractivity contribution in [3.8, 4) is 0 Å². The number of aromatic nitrogens is 1. The third kappa shape index (κ3) is 3.59. The van der Waals surface area contributed by atoms with E-state index in [0.29, 0.717) is 12.6 Å². The number of amides is 1. The first-order valence-corrected chi connectivity index (χ1v) is 6.68. The van der Waals surface area contributed by atoms with Crippen molar-refractivity contribution in [2.45, 2.75) is 26.4 Å². The smallest absolute Gasteiger partial charge is 0.251 e. The highest BCUT2D eigenvalue weighted by atomic mass is 19.1. The molecule has 1 aromatic carbocycles. The number of nitrogens with one attached hydrogen (secondary N) is 1. The second kappa shape index (κ2) is 6.39. The van der Waals surface area contributed by atoms with Gasteiger partial charge in [-0.05, 0) is 24.1 Å². The van der Waals surface area contributed by atoms with Crippen LogP contribution in [-0.4, -0.2) is 10.5 Å². The number of hydrogen-bond donors (Lipinski definition) is 2. The average molecular weight is 293 g/mol. The molecule has 6 heteroatoms. The number of aryl methyl sites for hydroxylation is 1. The van der Waals surface area contributed by atoms with E-state index < -0.39 is 17.5 Å². The molecule has 3 N–H and O–H groups in total. The summed E-state index contributed by atoms with van der Waals surface area (Å²) in [6, 6.07) is 3.67. The SMILES string of the molecule is CCCn1ccc(CNc2cc(C(N)=O)c(F)cc2F)c1. The first kappa shape index (κ1) is 15.0. The highest BCUT2D eigenvalue weighted by molar-refractivity contribution is 5.94. The Morgan fingerprint density at radius 2 is 2.10 bits per heavy atom. The summed E-state index contributed by atoms with van der Waals surface area (Å²) in [5, 5.41) is 2.84. The van der Waals surface area contributed by atoms with Gasteiger partial charge in [-0.25, -0.2) is 8.78 Å². The van der Waals surface area contributed by atoms with Crippen LogP contribution < -0.4 is 11.1 Å². The summed E-state index contributed by atoms with van der Waals surface area (Å²) in [6.07, 6.45) is 4.92. The zero-order chi connectivity index (χ0) is 15.4. The van der Waals surface area contributed by atoms with Crippen molar-refractivity contribution in [2.75, 3.05) is 5.32 Å². The Bertz CT molecular complexity index is 652. The lowest BCUT2D eigenvalue weighted by Crippen LogP contribution is -2.14. The van der Waals surface area contributed by atoms with Crippen LogP contribution in [0, 0.1) is 11.6 Å². The van der Waals surface area contributed by atoms with Crippen molar-refractivity contribution in [3.63, 3.8) is 0 Å². The molecule has 0 unspecified atom stereocenters. The van der Waals surface area contributed by atoms with Gasteiger partial charge in [0.1, 0.15) is 11.6 Å². The van der Waals surface area contributed by atoms with Crippen molar-refractivity contribution < 1.29 is 13.6 Å². The average Bonchev–Trinajstić information content (AvgIpc) is 2.85. The molecule has 1 heterocycles. The molecule has 21 heavy (non-hydrogen) atoms. The van der Waals surface area contributed by atoms with E-state index in [-0.39, 0.29) is 11.3 Å². The topological polar surface area (TPSA) is 60.1 Å². The van der Waals surface area contributed by atoms with E-state index in [2.05, 4.69) is 12.2 Å². The molecule has 0 aliphatic carbocycles. The molecule has 0 aliphatic rings. The third-order valence-electron chi connectivity index (χ3n) is 3.10. The second-order valence-corrected chi connectivity index (χ2v) is 4.79. The minimum absolute atomic E-state index is 0.0495. The normalized spacial score (nSPS) is 10.6. The molecule has 0 aliphatic heterocycles. The predicted molar refractivity (Wildman–Crippen MR) is 76.9 cm³/mol. The molecule has 0 saturated heterocycles. The van der Waals surface area contributed by atoms with E-state index in [4.69, 9.17) is 5.73 Å². The second-order valence-electron chi connectivity index (χ2n) is 4.79. The van der Waals surface area contributed by atoms with Gasteiger partial charge in [-0.1, -0.05) is 6.92 Å². The molecule has 0 bridgehead atoms. The van der Waals surface area contributed by atoms with Gasteiger partial charge in [-0.2, -0.15) is 0 Å². The minimum Gasteiger partial charge on any atom is -0.379 e. The van der Waals surface area contributed by atoms with Crippen LogP contribution in [0.5, 0.6) is 0 Å². The maximum Gasteiger partial charge on any atom is 0.251 e. The molecule has 0 saturated carbocycles. The van der Waals surface area contributed by atoms with Gasteiger partial charge in [0.25, 0.3) is 5.91 Å². The first-order valence-electron chi connectivity index (χ1n) is 6.68. The Morgan fingerprint density at radius 3 is 2.76 bits per heavy atom. The van der Waals surface area contributed by atoms with Gasteiger partial charge in [0.15, 0.2) is 0 Å². The number of benzene rings is 1. The number of anilines is 1. The molecule has 0 fully saturated rings. The fourth-order valence-electron chi connectivity index (χ4n) is 2.06. The zero-order valence-corrected chi connectivity index (χ0v) is 11.7. The number of carbonyl (C=O) groups excluding carboxylic acids is 1. The predicted octanol–water partition coefficient (Wildman–Crippen LogP) is 2.89. The molecule has 2 aromatic rings. The van der Waals surface area contributed by atoms with E-state index in [1.165, 1.54) is 0 Å². The molecular formula is C15H17F2N3O. The summed E-state index contributed by atoms with van der Waals surface area (Å²) in [5.41, 5.74) is 5.73. The van der Waals surface area contributed by atoms with Gasteiger partial charge >= 0.3 is 0 Å². The quantitative estimate of drug-likeness (QED) is 0.860. The summed E-state index contributed by atoms with van der Waals surface area (Å²) in [6.45, 7) is 3.37. The summed E-state index contributed by atoms with van der Waals surface area (Å²) < 4.78 is 29.1. The highest BCUT2D eigenvalue weighted by Crippen LogP contribution is 2.20. The molecular weight excluding hydrogens is 276 g/mol. The summed E-state index contributed by atoms with van der Waals surface area (Å²) in [5.74, 6) is -2.64. The lowest BCUT2D eigenvalue weighted by Gasteiger charge is -2.09. The number of halogens is 2. The minimum atomic E-state index is -0.959. The molecule has 2 rings (SSSR count). The van der Waals surface area contributed by atoms with Gasteiger partial charge in [-0.3, -0.25) is 4.79 Å².